The van der Waals surface area contributed by atoms with Crippen LogP contribution in [0.15, 0.2) is 29.8 Å². The molecule has 1 amide bonds. The minimum absolute atomic E-state index is 0.224. The third kappa shape index (κ3) is 3.75. The van der Waals surface area contributed by atoms with Gasteiger partial charge in [-0.1, -0.05) is 26.8 Å². The number of pyridine rings is 1. The maximum atomic E-state index is 13.2. The van der Waals surface area contributed by atoms with E-state index in [4.69, 9.17) is 0 Å². The average molecular weight is 384 g/mol. The molecule has 27 heavy (non-hydrogen) atoms. The number of anilines is 1. The van der Waals surface area contributed by atoms with Crippen LogP contribution in [0.2, 0.25) is 0 Å². The molecular formula is C22H29N3OS. The van der Waals surface area contributed by atoms with Crippen molar-refractivity contribution in [3.8, 4) is 0 Å². The molecule has 1 aliphatic carbocycles. The number of piperazine rings is 1. The van der Waals surface area contributed by atoms with Gasteiger partial charge in [-0.3, -0.25) is 4.79 Å². The number of thiophene rings is 1. The SMILES string of the molecule is CC(C)(C)[C@H]1CCc2c(C(=O)N3CCN(c4ccccn4)CC3)csc2C1. The largest absolute Gasteiger partial charge is 0.353 e. The highest BCUT2D eigenvalue weighted by atomic mass is 32.1. The van der Waals surface area contributed by atoms with Crippen LogP contribution < -0.4 is 4.90 Å². The molecule has 1 aliphatic heterocycles. The molecule has 2 aromatic rings. The van der Waals surface area contributed by atoms with Crippen molar-refractivity contribution in [3.63, 3.8) is 0 Å². The molecule has 1 atom stereocenters. The van der Waals surface area contributed by atoms with Gasteiger partial charge in [0.15, 0.2) is 0 Å². The van der Waals surface area contributed by atoms with Crippen molar-refractivity contribution in [2.75, 3.05) is 31.1 Å². The van der Waals surface area contributed by atoms with E-state index in [-0.39, 0.29) is 5.91 Å². The first-order valence-corrected chi connectivity index (χ1v) is 10.9. The molecule has 2 aliphatic rings. The maximum Gasteiger partial charge on any atom is 0.255 e. The highest BCUT2D eigenvalue weighted by Gasteiger charge is 2.33. The van der Waals surface area contributed by atoms with Gasteiger partial charge in [-0.25, -0.2) is 4.98 Å². The van der Waals surface area contributed by atoms with Crippen molar-refractivity contribution in [2.45, 2.75) is 40.0 Å². The summed E-state index contributed by atoms with van der Waals surface area (Å²) in [5.41, 5.74) is 2.64. The van der Waals surface area contributed by atoms with Gasteiger partial charge in [-0.05, 0) is 48.3 Å². The van der Waals surface area contributed by atoms with Crippen molar-refractivity contribution in [1.29, 1.82) is 0 Å². The second kappa shape index (κ2) is 7.27. The summed E-state index contributed by atoms with van der Waals surface area (Å²) in [6.45, 7) is 10.2. The topological polar surface area (TPSA) is 36.4 Å². The molecular weight excluding hydrogens is 354 g/mol. The molecule has 0 aromatic carbocycles. The Bertz CT molecular complexity index is 801. The van der Waals surface area contributed by atoms with E-state index in [1.165, 1.54) is 16.9 Å². The lowest BCUT2D eigenvalue weighted by Gasteiger charge is -2.36. The van der Waals surface area contributed by atoms with Crippen molar-refractivity contribution < 1.29 is 4.79 Å². The van der Waals surface area contributed by atoms with Crippen molar-refractivity contribution in [1.82, 2.24) is 9.88 Å². The van der Waals surface area contributed by atoms with E-state index in [1.807, 2.05) is 29.3 Å². The number of amides is 1. The second-order valence-corrected chi connectivity index (χ2v) is 9.79. The molecule has 2 aromatic heterocycles. The normalized spacial score (nSPS) is 20.5. The zero-order chi connectivity index (χ0) is 19.0. The molecule has 0 saturated carbocycles. The lowest BCUT2D eigenvalue weighted by Crippen LogP contribution is -2.49. The van der Waals surface area contributed by atoms with Crippen LogP contribution in [0.4, 0.5) is 5.82 Å². The number of hydrogen-bond donors (Lipinski definition) is 0. The maximum absolute atomic E-state index is 13.2. The van der Waals surface area contributed by atoms with E-state index in [2.05, 4.69) is 36.0 Å². The first kappa shape index (κ1) is 18.5. The predicted molar refractivity (Wildman–Crippen MR) is 112 cm³/mol. The number of rotatable bonds is 2. The summed E-state index contributed by atoms with van der Waals surface area (Å²) in [4.78, 5) is 23.3. The molecule has 0 N–H and O–H groups in total. The van der Waals surface area contributed by atoms with Crippen LogP contribution >= 0.6 is 11.3 Å². The van der Waals surface area contributed by atoms with Gasteiger partial charge in [0, 0.05) is 42.6 Å². The van der Waals surface area contributed by atoms with Crippen LogP contribution in [0, 0.1) is 11.3 Å². The molecule has 0 unspecified atom stereocenters. The van der Waals surface area contributed by atoms with E-state index in [0.29, 0.717) is 11.3 Å². The summed E-state index contributed by atoms with van der Waals surface area (Å²) >= 11 is 1.79. The van der Waals surface area contributed by atoms with Crippen molar-refractivity contribution in [3.05, 3.63) is 45.8 Å². The minimum atomic E-state index is 0.224. The summed E-state index contributed by atoms with van der Waals surface area (Å²) in [7, 11) is 0. The number of aromatic nitrogens is 1. The quantitative estimate of drug-likeness (QED) is 0.778. The number of carbonyl (C=O) groups excluding carboxylic acids is 1. The summed E-state index contributed by atoms with van der Waals surface area (Å²) in [6.07, 6.45) is 5.20. The van der Waals surface area contributed by atoms with Gasteiger partial charge >= 0.3 is 0 Å². The van der Waals surface area contributed by atoms with E-state index < -0.39 is 0 Å². The fraction of sp³-hybridized carbons (Fsp3) is 0.545. The Morgan fingerprint density at radius 1 is 1.19 bits per heavy atom. The fourth-order valence-electron chi connectivity index (χ4n) is 4.28. The van der Waals surface area contributed by atoms with Crippen molar-refractivity contribution >= 4 is 23.1 Å². The van der Waals surface area contributed by atoms with Gasteiger partial charge in [0.05, 0.1) is 5.56 Å². The van der Waals surface area contributed by atoms with Crippen molar-refractivity contribution in [2.24, 2.45) is 11.3 Å². The highest BCUT2D eigenvalue weighted by molar-refractivity contribution is 7.10. The molecule has 144 valence electrons. The van der Waals surface area contributed by atoms with Gasteiger partial charge in [0.25, 0.3) is 5.91 Å². The Hall–Kier alpha value is -1.88. The molecule has 4 rings (SSSR count). The number of carbonyl (C=O) groups is 1. The summed E-state index contributed by atoms with van der Waals surface area (Å²) in [5, 5.41) is 2.11. The first-order chi connectivity index (χ1) is 12.9. The van der Waals surface area contributed by atoms with Gasteiger partial charge in [0.1, 0.15) is 5.82 Å². The van der Waals surface area contributed by atoms with Gasteiger partial charge in [-0.2, -0.15) is 0 Å². The first-order valence-electron chi connectivity index (χ1n) is 9.98. The van der Waals surface area contributed by atoms with Crippen LogP contribution in [0.3, 0.4) is 0 Å². The van der Waals surface area contributed by atoms with E-state index >= 15 is 0 Å². The van der Waals surface area contributed by atoms with E-state index in [0.717, 1.165) is 50.4 Å². The second-order valence-electron chi connectivity index (χ2n) is 8.82. The highest BCUT2D eigenvalue weighted by Crippen LogP contribution is 2.40. The summed E-state index contributed by atoms with van der Waals surface area (Å²) in [5.74, 6) is 1.95. The average Bonchev–Trinajstić information content (AvgIpc) is 3.11. The smallest absolute Gasteiger partial charge is 0.255 e. The summed E-state index contributed by atoms with van der Waals surface area (Å²) < 4.78 is 0. The van der Waals surface area contributed by atoms with E-state index in [9.17, 15) is 4.79 Å². The summed E-state index contributed by atoms with van der Waals surface area (Å²) in [6, 6.07) is 5.99. The number of hydrogen-bond acceptors (Lipinski definition) is 4. The van der Waals surface area contributed by atoms with Crippen LogP contribution in [0.5, 0.6) is 0 Å². The Kier molecular flexibility index (Phi) is 4.97. The van der Waals surface area contributed by atoms with Gasteiger partial charge < -0.3 is 9.80 Å². The van der Waals surface area contributed by atoms with Crippen LogP contribution in [-0.4, -0.2) is 42.0 Å². The lowest BCUT2D eigenvalue weighted by atomic mass is 9.72. The third-order valence-electron chi connectivity index (χ3n) is 6.15. The molecule has 1 saturated heterocycles. The molecule has 5 heteroatoms. The van der Waals surface area contributed by atoms with Crippen LogP contribution in [-0.2, 0) is 12.8 Å². The molecule has 4 nitrogen and oxygen atoms in total. The standard InChI is InChI=1S/C22H29N3OS/c1-22(2,3)16-7-8-17-18(15-27-19(17)14-16)21(26)25-12-10-24(11-13-25)20-6-4-5-9-23-20/h4-6,9,15-16H,7-8,10-14H2,1-3H3/t16-/m0/s1. The molecule has 1 fully saturated rings. The Labute approximate surface area is 166 Å². The Morgan fingerprint density at radius 3 is 2.63 bits per heavy atom. The molecule has 0 spiro atoms. The Balaban J connectivity index is 1.42. The number of nitrogens with zero attached hydrogens (tertiary/aromatic N) is 3. The minimum Gasteiger partial charge on any atom is -0.353 e. The molecule has 3 heterocycles. The van der Waals surface area contributed by atoms with E-state index in [1.54, 1.807) is 11.3 Å². The zero-order valence-corrected chi connectivity index (χ0v) is 17.4. The fourth-order valence-corrected chi connectivity index (χ4v) is 5.44. The molecule has 0 bridgehead atoms. The predicted octanol–water partition coefficient (Wildman–Crippen LogP) is 4.26. The zero-order valence-electron chi connectivity index (χ0n) is 16.6. The monoisotopic (exact) mass is 383 g/mol. The van der Waals surface area contributed by atoms with Gasteiger partial charge in [-0.15, -0.1) is 11.3 Å². The number of fused-ring (bicyclic) bond motifs is 1. The van der Waals surface area contributed by atoms with Crippen LogP contribution in [0.25, 0.3) is 0 Å². The lowest BCUT2D eigenvalue weighted by molar-refractivity contribution is 0.0745. The van der Waals surface area contributed by atoms with Crippen LogP contribution in [0.1, 0.15) is 48.0 Å². The third-order valence-corrected chi connectivity index (χ3v) is 7.20. The Morgan fingerprint density at radius 2 is 1.96 bits per heavy atom. The molecule has 0 radical (unpaired) electrons. The van der Waals surface area contributed by atoms with Gasteiger partial charge in [0.2, 0.25) is 0 Å².